The van der Waals surface area contributed by atoms with Gasteiger partial charge in [0.2, 0.25) is 11.8 Å². The topological polar surface area (TPSA) is 120 Å². The van der Waals surface area contributed by atoms with Gasteiger partial charge in [0.15, 0.2) is 0 Å². The van der Waals surface area contributed by atoms with Crippen LogP contribution in [0.15, 0.2) is 0 Å². The summed E-state index contributed by atoms with van der Waals surface area (Å²) in [5.74, 6) is -1.05. The molecule has 0 spiro atoms. The summed E-state index contributed by atoms with van der Waals surface area (Å²) in [7, 11) is 0. The van der Waals surface area contributed by atoms with E-state index in [0.717, 1.165) is 0 Å². The summed E-state index contributed by atoms with van der Waals surface area (Å²) in [6.07, 6.45) is -0.297. The first-order chi connectivity index (χ1) is 11.0. The van der Waals surface area contributed by atoms with Crippen LogP contribution < -0.4 is 16.4 Å². The van der Waals surface area contributed by atoms with Crippen LogP contribution in [0.2, 0.25) is 0 Å². The third kappa shape index (κ3) is 10.0. The molecule has 140 valence electrons. The van der Waals surface area contributed by atoms with Crippen LogP contribution >= 0.6 is 0 Å². The Hall–Kier alpha value is -1.83. The predicted molar refractivity (Wildman–Crippen MR) is 90.2 cm³/mol. The number of nitrogens with two attached hydrogens (primary N) is 1. The van der Waals surface area contributed by atoms with E-state index in [4.69, 9.17) is 15.2 Å². The highest BCUT2D eigenvalue weighted by Gasteiger charge is 2.28. The number of carbonyl (C=O) groups is 3. The van der Waals surface area contributed by atoms with E-state index in [1.165, 1.54) is 0 Å². The lowest BCUT2D eigenvalue weighted by atomic mass is 10.0. The van der Waals surface area contributed by atoms with Crippen LogP contribution in [-0.4, -0.2) is 48.8 Å². The minimum atomic E-state index is -0.951. The lowest BCUT2D eigenvalue weighted by Gasteiger charge is -2.25. The van der Waals surface area contributed by atoms with E-state index < -0.39 is 35.6 Å². The zero-order valence-corrected chi connectivity index (χ0v) is 15.5. The smallest absolute Gasteiger partial charge is 0.408 e. The monoisotopic (exact) mass is 345 g/mol. The molecule has 0 aliphatic rings. The number of alkyl carbamates (subject to hydrolysis) is 1. The van der Waals surface area contributed by atoms with Crippen LogP contribution in [0.4, 0.5) is 4.79 Å². The van der Waals surface area contributed by atoms with Gasteiger partial charge in [-0.2, -0.15) is 0 Å². The molecular weight excluding hydrogens is 314 g/mol. The first-order valence-corrected chi connectivity index (χ1v) is 8.13. The highest BCUT2D eigenvalue weighted by atomic mass is 16.6. The molecule has 0 aromatic heterocycles. The second kappa shape index (κ2) is 10.1. The van der Waals surface area contributed by atoms with Crippen molar-refractivity contribution in [3.8, 4) is 0 Å². The minimum Gasteiger partial charge on any atom is -0.444 e. The molecular formula is C16H31N3O5. The first kappa shape index (κ1) is 22.2. The van der Waals surface area contributed by atoms with Crippen LogP contribution in [0.1, 0.15) is 48.0 Å². The molecule has 0 saturated heterocycles. The van der Waals surface area contributed by atoms with Crippen LogP contribution in [-0.2, 0) is 19.1 Å². The molecule has 8 nitrogen and oxygen atoms in total. The molecule has 0 aromatic rings. The van der Waals surface area contributed by atoms with Crippen molar-refractivity contribution in [3.05, 3.63) is 0 Å². The summed E-state index contributed by atoms with van der Waals surface area (Å²) in [6, 6.07) is -1.78. The molecule has 0 radical (unpaired) electrons. The number of hydrogen-bond donors (Lipinski definition) is 3. The average molecular weight is 345 g/mol. The fourth-order valence-electron chi connectivity index (χ4n) is 1.86. The van der Waals surface area contributed by atoms with E-state index >= 15 is 0 Å². The standard InChI is InChI=1S/C16H31N3O5/c1-7-23-9-12(13(17)20)18-14(21)11(8-10(2)3)19-15(22)24-16(4,5)6/h10-12H,7-9H2,1-6H3,(H2,17,20)(H,18,21)(H,19,22)/t11-,12+/m0/s1. The highest BCUT2D eigenvalue weighted by molar-refractivity contribution is 5.90. The summed E-state index contributed by atoms with van der Waals surface area (Å²) in [5, 5.41) is 5.06. The molecule has 3 amide bonds. The Morgan fingerprint density at radius 3 is 2.08 bits per heavy atom. The van der Waals surface area contributed by atoms with E-state index in [2.05, 4.69) is 10.6 Å². The Balaban J connectivity index is 4.92. The Labute approximate surface area is 143 Å². The van der Waals surface area contributed by atoms with E-state index in [-0.39, 0.29) is 12.5 Å². The maximum absolute atomic E-state index is 12.4. The van der Waals surface area contributed by atoms with Crippen molar-refractivity contribution in [3.63, 3.8) is 0 Å². The second-order valence-corrected chi connectivity index (χ2v) is 6.95. The summed E-state index contributed by atoms with van der Waals surface area (Å²) >= 11 is 0. The summed E-state index contributed by atoms with van der Waals surface area (Å²) in [4.78, 5) is 35.7. The largest absolute Gasteiger partial charge is 0.444 e. The Morgan fingerprint density at radius 1 is 1.08 bits per heavy atom. The van der Waals surface area contributed by atoms with Gasteiger partial charge in [0, 0.05) is 6.61 Å². The van der Waals surface area contributed by atoms with Gasteiger partial charge in [-0.1, -0.05) is 13.8 Å². The lowest BCUT2D eigenvalue weighted by molar-refractivity contribution is -0.130. The van der Waals surface area contributed by atoms with Crippen LogP contribution in [0.5, 0.6) is 0 Å². The number of primary amides is 1. The Morgan fingerprint density at radius 2 is 1.67 bits per heavy atom. The van der Waals surface area contributed by atoms with Crippen LogP contribution in [0.25, 0.3) is 0 Å². The molecule has 8 heteroatoms. The predicted octanol–water partition coefficient (Wildman–Crippen LogP) is 0.932. The van der Waals surface area contributed by atoms with Gasteiger partial charge in [-0.3, -0.25) is 9.59 Å². The van der Waals surface area contributed by atoms with Gasteiger partial charge < -0.3 is 25.8 Å². The van der Waals surface area contributed by atoms with Gasteiger partial charge in [0.1, 0.15) is 17.7 Å². The average Bonchev–Trinajstić information content (AvgIpc) is 2.39. The zero-order chi connectivity index (χ0) is 18.9. The van der Waals surface area contributed by atoms with Gasteiger partial charge >= 0.3 is 6.09 Å². The fraction of sp³-hybridized carbons (Fsp3) is 0.812. The number of hydrogen-bond acceptors (Lipinski definition) is 5. The van der Waals surface area contributed by atoms with Crippen molar-refractivity contribution >= 4 is 17.9 Å². The van der Waals surface area contributed by atoms with Crippen LogP contribution in [0, 0.1) is 5.92 Å². The Bertz CT molecular complexity index is 432. The molecule has 0 saturated carbocycles. The lowest BCUT2D eigenvalue weighted by Crippen LogP contribution is -2.55. The molecule has 0 bridgehead atoms. The van der Waals surface area contributed by atoms with Gasteiger partial charge in [-0.25, -0.2) is 4.79 Å². The highest BCUT2D eigenvalue weighted by Crippen LogP contribution is 2.09. The number of rotatable bonds is 9. The van der Waals surface area contributed by atoms with Gasteiger partial charge in [0.25, 0.3) is 0 Å². The molecule has 0 rings (SSSR count). The summed E-state index contributed by atoms with van der Waals surface area (Å²) in [5.41, 5.74) is 4.59. The third-order valence-corrected chi connectivity index (χ3v) is 2.86. The molecule has 4 N–H and O–H groups in total. The van der Waals surface area contributed by atoms with Crippen molar-refractivity contribution in [1.29, 1.82) is 0 Å². The van der Waals surface area contributed by atoms with Crippen molar-refractivity contribution in [2.24, 2.45) is 11.7 Å². The molecule has 0 aromatic carbocycles. The molecule has 24 heavy (non-hydrogen) atoms. The van der Waals surface area contributed by atoms with Gasteiger partial charge in [0.05, 0.1) is 6.61 Å². The number of ether oxygens (including phenoxy) is 2. The van der Waals surface area contributed by atoms with Gasteiger partial charge in [-0.05, 0) is 40.0 Å². The van der Waals surface area contributed by atoms with Crippen molar-refractivity contribution in [2.75, 3.05) is 13.2 Å². The van der Waals surface area contributed by atoms with E-state index in [1.54, 1.807) is 27.7 Å². The molecule has 0 fully saturated rings. The van der Waals surface area contributed by atoms with E-state index in [9.17, 15) is 14.4 Å². The number of carbonyl (C=O) groups excluding carboxylic acids is 3. The maximum atomic E-state index is 12.4. The van der Waals surface area contributed by atoms with E-state index in [0.29, 0.717) is 13.0 Å². The molecule has 2 atom stereocenters. The Kier molecular flexibility index (Phi) is 9.35. The molecule has 0 aliphatic heterocycles. The molecule has 0 heterocycles. The van der Waals surface area contributed by atoms with Crippen molar-refractivity contribution in [2.45, 2.75) is 65.6 Å². The summed E-state index contributed by atoms with van der Waals surface area (Å²) < 4.78 is 10.3. The third-order valence-electron chi connectivity index (χ3n) is 2.86. The van der Waals surface area contributed by atoms with Crippen molar-refractivity contribution < 1.29 is 23.9 Å². The first-order valence-electron chi connectivity index (χ1n) is 8.13. The van der Waals surface area contributed by atoms with Crippen molar-refractivity contribution in [1.82, 2.24) is 10.6 Å². The minimum absolute atomic E-state index is 0.0155. The number of nitrogens with one attached hydrogen (secondary N) is 2. The number of amides is 3. The quantitative estimate of drug-likeness (QED) is 0.574. The normalized spacial score (nSPS) is 14.0. The zero-order valence-electron chi connectivity index (χ0n) is 15.5. The fourth-order valence-corrected chi connectivity index (χ4v) is 1.86. The van der Waals surface area contributed by atoms with Gasteiger partial charge in [-0.15, -0.1) is 0 Å². The second-order valence-electron chi connectivity index (χ2n) is 6.95. The molecule has 0 aliphatic carbocycles. The van der Waals surface area contributed by atoms with E-state index in [1.807, 2.05) is 13.8 Å². The van der Waals surface area contributed by atoms with Crippen LogP contribution in [0.3, 0.4) is 0 Å². The maximum Gasteiger partial charge on any atom is 0.408 e. The molecule has 0 unspecified atom stereocenters. The summed E-state index contributed by atoms with van der Waals surface area (Å²) in [6.45, 7) is 11.2. The SMILES string of the molecule is CCOC[C@@H](NC(=O)[C@H](CC(C)C)NC(=O)OC(C)(C)C)C(N)=O.